The molecule has 0 N–H and O–H groups in total. The number of aryl methyl sites for hydroxylation is 1. The van der Waals surface area contributed by atoms with Gasteiger partial charge in [-0.1, -0.05) is 197 Å². The van der Waals surface area contributed by atoms with Gasteiger partial charge in [-0.25, -0.2) is 0 Å². The van der Waals surface area contributed by atoms with Crippen molar-refractivity contribution in [2.24, 2.45) is 10.8 Å². The first-order valence-corrected chi connectivity index (χ1v) is 24.0. The molecule has 8 aromatic rings. The molecular formula is C63H67ClN4. The number of hydrogen-bond acceptors (Lipinski definition) is 4. The van der Waals surface area contributed by atoms with Crippen LogP contribution in [0.2, 0.25) is 5.02 Å². The van der Waals surface area contributed by atoms with E-state index in [1.54, 1.807) is 12.3 Å². The topological polar surface area (TPSA) is 73.4 Å². The standard InChI is InChI=1S/C31H32N2.C20H17ClN2.C12H18/c1-30(2,3)18-21-11-13-22(14-12-21)27-17-29(33-20-25(27)19-32)24-15-23-9-7-8-10-26(23)28(16-24)31(4,5)6;1-20(2,3)17-9-14(8-13-6-4-5-7-16(13)17)19-10-18(21)15(11-22)12-23-19;1-10-5-7-11(8-6-10)9-12(2,3)4/h7-17,20H,18H2,1-6H3;4-10,12H,1-3H3;5-8H,9H2,1-4H3. The lowest BCUT2D eigenvalue weighted by Crippen LogP contribution is -2.12. The fourth-order valence-electron chi connectivity index (χ4n) is 8.50. The summed E-state index contributed by atoms with van der Waals surface area (Å²) in [7, 11) is 0. The number of aromatic nitrogens is 2. The van der Waals surface area contributed by atoms with E-state index in [0.717, 1.165) is 46.5 Å². The fourth-order valence-corrected chi connectivity index (χ4v) is 8.70. The number of benzene rings is 6. The van der Waals surface area contributed by atoms with Crippen LogP contribution in [0.4, 0.5) is 0 Å². The number of hydrogen-bond donors (Lipinski definition) is 0. The third-order valence-electron chi connectivity index (χ3n) is 11.8. The number of halogens is 1. The number of rotatable bonds is 5. The van der Waals surface area contributed by atoms with Crippen molar-refractivity contribution in [3.05, 3.63) is 190 Å². The molecular weight excluding hydrogens is 848 g/mol. The second-order valence-corrected chi connectivity index (χ2v) is 22.9. The van der Waals surface area contributed by atoms with E-state index in [0.29, 0.717) is 21.6 Å². The van der Waals surface area contributed by atoms with Gasteiger partial charge in [0.2, 0.25) is 0 Å². The van der Waals surface area contributed by atoms with Gasteiger partial charge in [0.25, 0.3) is 0 Å². The molecule has 0 amide bonds. The molecule has 2 aromatic heterocycles. The van der Waals surface area contributed by atoms with E-state index >= 15 is 0 Å². The van der Waals surface area contributed by atoms with Gasteiger partial charge in [0, 0.05) is 29.1 Å². The maximum atomic E-state index is 9.75. The van der Waals surface area contributed by atoms with Crippen LogP contribution in [0.5, 0.6) is 0 Å². The normalized spacial score (nSPS) is 11.8. The Morgan fingerprint density at radius 3 is 1.29 bits per heavy atom. The second kappa shape index (κ2) is 20.7. The van der Waals surface area contributed by atoms with Gasteiger partial charge in [-0.2, -0.15) is 10.5 Å². The maximum Gasteiger partial charge on any atom is 0.102 e. The van der Waals surface area contributed by atoms with Gasteiger partial charge >= 0.3 is 0 Å². The van der Waals surface area contributed by atoms with Gasteiger partial charge in [0.05, 0.1) is 27.5 Å². The molecule has 0 aliphatic rings. The van der Waals surface area contributed by atoms with Crippen LogP contribution in [-0.2, 0) is 23.7 Å². The molecule has 346 valence electrons. The molecule has 8 rings (SSSR count). The summed E-state index contributed by atoms with van der Waals surface area (Å²) in [5.41, 5.74) is 14.1. The van der Waals surface area contributed by atoms with Gasteiger partial charge in [-0.05, 0) is 127 Å². The van der Waals surface area contributed by atoms with E-state index in [4.69, 9.17) is 16.9 Å². The number of nitriles is 2. The maximum absolute atomic E-state index is 9.75. The third-order valence-corrected chi connectivity index (χ3v) is 12.1. The largest absolute Gasteiger partial charge is 0.255 e. The first kappa shape index (κ1) is 50.8. The minimum atomic E-state index is 0.00786. The number of pyridine rings is 2. The molecule has 4 nitrogen and oxygen atoms in total. The summed E-state index contributed by atoms with van der Waals surface area (Å²) in [6.45, 7) is 29.0. The van der Waals surface area contributed by atoms with E-state index in [1.165, 1.54) is 55.6 Å². The molecule has 6 aromatic carbocycles. The molecule has 0 radical (unpaired) electrons. The Hall–Kier alpha value is -6.59. The van der Waals surface area contributed by atoms with Crippen LogP contribution in [-0.4, -0.2) is 9.97 Å². The van der Waals surface area contributed by atoms with Crippen molar-refractivity contribution in [1.82, 2.24) is 9.97 Å². The highest BCUT2D eigenvalue weighted by molar-refractivity contribution is 6.32. The highest BCUT2D eigenvalue weighted by Crippen LogP contribution is 2.37. The van der Waals surface area contributed by atoms with Crippen molar-refractivity contribution in [3.63, 3.8) is 0 Å². The van der Waals surface area contributed by atoms with Crippen LogP contribution >= 0.6 is 11.6 Å². The number of nitrogens with zero attached hydrogens (tertiary/aromatic N) is 4. The average Bonchev–Trinajstić information content (AvgIpc) is 3.28. The predicted molar refractivity (Wildman–Crippen MR) is 289 cm³/mol. The zero-order valence-electron chi connectivity index (χ0n) is 42.4. The van der Waals surface area contributed by atoms with E-state index in [-0.39, 0.29) is 16.2 Å². The quantitative estimate of drug-likeness (QED) is 0.172. The zero-order valence-corrected chi connectivity index (χ0v) is 43.2. The smallest absolute Gasteiger partial charge is 0.102 e. The summed E-state index contributed by atoms with van der Waals surface area (Å²) in [5, 5.41) is 24.1. The molecule has 2 heterocycles. The lowest BCUT2D eigenvalue weighted by molar-refractivity contribution is 0.411. The molecule has 0 aliphatic heterocycles. The molecule has 0 unspecified atom stereocenters. The van der Waals surface area contributed by atoms with E-state index in [1.807, 2.05) is 12.1 Å². The Bertz CT molecular complexity index is 3120. The summed E-state index contributed by atoms with van der Waals surface area (Å²) in [4.78, 5) is 9.08. The van der Waals surface area contributed by atoms with E-state index in [9.17, 15) is 5.26 Å². The zero-order chi connectivity index (χ0) is 49.6. The number of fused-ring (bicyclic) bond motifs is 2. The lowest BCUT2D eigenvalue weighted by atomic mass is 9.82. The van der Waals surface area contributed by atoms with Crippen LogP contribution in [0.25, 0.3) is 55.2 Å². The van der Waals surface area contributed by atoms with Crippen LogP contribution in [0.1, 0.15) is 122 Å². The molecule has 0 fully saturated rings. The lowest BCUT2D eigenvalue weighted by Gasteiger charge is -2.23. The van der Waals surface area contributed by atoms with Gasteiger partial charge in [-0.15, -0.1) is 0 Å². The summed E-state index contributed by atoms with van der Waals surface area (Å²) in [6, 6.07) is 51.3. The van der Waals surface area contributed by atoms with E-state index in [2.05, 4.69) is 227 Å². The van der Waals surface area contributed by atoms with Crippen LogP contribution in [0, 0.1) is 40.4 Å². The molecule has 0 saturated carbocycles. The van der Waals surface area contributed by atoms with Gasteiger partial charge in [0.15, 0.2) is 0 Å². The second-order valence-electron chi connectivity index (χ2n) is 22.5. The van der Waals surface area contributed by atoms with Gasteiger partial charge < -0.3 is 0 Å². The summed E-state index contributed by atoms with van der Waals surface area (Å²) >= 11 is 6.16. The highest BCUT2D eigenvalue weighted by atomic mass is 35.5. The summed E-state index contributed by atoms with van der Waals surface area (Å²) in [6.07, 6.45) is 5.42. The Morgan fingerprint density at radius 2 is 0.882 bits per heavy atom. The average molecular weight is 916 g/mol. The van der Waals surface area contributed by atoms with Crippen molar-refractivity contribution in [2.75, 3.05) is 0 Å². The van der Waals surface area contributed by atoms with Crippen molar-refractivity contribution >= 4 is 33.1 Å². The fraction of sp³-hybridized carbons (Fsp3) is 0.302. The molecule has 0 bridgehead atoms. The van der Waals surface area contributed by atoms with Crippen molar-refractivity contribution in [1.29, 1.82) is 10.5 Å². The SMILES string of the molecule is CC(C)(C)Cc1ccc(-c2cc(-c3cc(C(C)(C)C)c4ccccc4c3)ncc2C#N)cc1.CC(C)(C)c1cc(-c2cc(Cl)c(C#N)cn2)cc2ccccc12.Cc1ccc(CC(C)(C)C)cc1. The summed E-state index contributed by atoms with van der Waals surface area (Å²) < 4.78 is 0. The molecule has 5 heteroatoms. The Labute approximate surface area is 411 Å². The van der Waals surface area contributed by atoms with Crippen LogP contribution in [0.15, 0.2) is 146 Å². The molecule has 0 saturated heterocycles. The molecule has 0 aliphatic carbocycles. The Morgan fingerprint density at radius 1 is 0.471 bits per heavy atom. The van der Waals surface area contributed by atoms with Crippen LogP contribution < -0.4 is 0 Å². The molecule has 0 atom stereocenters. The first-order chi connectivity index (χ1) is 31.9. The van der Waals surface area contributed by atoms with Crippen LogP contribution in [0.3, 0.4) is 0 Å². The Balaban J connectivity index is 0.000000188. The Kier molecular flexibility index (Phi) is 15.5. The van der Waals surface area contributed by atoms with Crippen molar-refractivity contribution < 1.29 is 0 Å². The predicted octanol–water partition coefficient (Wildman–Crippen LogP) is 17.6. The first-order valence-electron chi connectivity index (χ1n) is 23.6. The highest BCUT2D eigenvalue weighted by Gasteiger charge is 2.21. The van der Waals surface area contributed by atoms with Crippen molar-refractivity contribution in [2.45, 2.75) is 114 Å². The molecule has 0 spiro atoms. The van der Waals surface area contributed by atoms with Gasteiger partial charge in [-0.3, -0.25) is 9.97 Å². The third kappa shape index (κ3) is 13.3. The molecule has 68 heavy (non-hydrogen) atoms. The van der Waals surface area contributed by atoms with E-state index < -0.39 is 0 Å². The minimum absolute atomic E-state index is 0.00786. The van der Waals surface area contributed by atoms with Crippen molar-refractivity contribution in [3.8, 4) is 45.8 Å². The minimum Gasteiger partial charge on any atom is -0.255 e. The van der Waals surface area contributed by atoms with Gasteiger partial charge in [0.1, 0.15) is 12.1 Å². The monoisotopic (exact) mass is 915 g/mol. The summed E-state index contributed by atoms with van der Waals surface area (Å²) in [5.74, 6) is 0.